The molecular formula is C22H19FN2O3. The molecule has 0 bridgehead atoms. The standard InChI is InChI=1S/C22H19FN2O3/c1-25(15-21(26)24-18-11-9-17(23)10-12-18)22(27)16-7-13-20(14-8-16)28-19-5-3-2-4-6-19/h2-14H,15H2,1H3,(H,24,26). The number of anilines is 1. The Morgan fingerprint density at radius 1 is 0.893 bits per heavy atom. The second kappa shape index (κ2) is 8.81. The van der Waals surface area contributed by atoms with Crippen LogP contribution in [0.4, 0.5) is 10.1 Å². The zero-order valence-corrected chi connectivity index (χ0v) is 15.3. The van der Waals surface area contributed by atoms with Crippen LogP contribution in [0.25, 0.3) is 0 Å². The molecule has 0 aromatic heterocycles. The van der Waals surface area contributed by atoms with Crippen molar-refractivity contribution in [3.8, 4) is 11.5 Å². The maximum Gasteiger partial charge on any atom is 0.254 e. The molecule has 28 heavy (non-hydrogen) atoms. The molecule has 0 aliphatic heterocycles. The smallest absolute Gasteiger partial charge is 0.254 e. The van der Waals surface area contributed by atoms with E-state index in [4.69, 9.17) is 4.74 Å². The third-order valence-corrected chi connectivity index (χ3v) is 3.94. The van der Waals surface area contributed by atoms with Crippen LogP contribution in [0.3, 0.4) is 0 Å². The van der Waals surface area contributed by atoms with Gasteiger partial charge in [0.05, 0.1) is 6.54 Å². The molecule has 0 spiro atoms. The molecule has 0 heterocycles. The van der Waals surface area contributed by atoms with Gasteiger partial charge in [0, 0.05) is 18.3 Å². The predicted molar refractivity (Wildman–Crippen MR) is 105 cm³/mol. The van der Waals surface area contributed by atoms with Gasteiger partial charge in [-0.1, -0.05) is 18.2 Å². The number of para-hydroxylation sites is 1. The molecular weight excluding hydrogens is 359 g/mol. The van der Waals surface area contributed by atoms with Gasteiger partial charge >= 0.3 is 0 Å². The van der Waals surface area contributed by atoms with Gasteiger partial charge in [0.2, 0.25) is 5.91 Å². The second-order valence-corrected chi connectivity index (χ2v) is 6.16. The van der Waals surface area contributed by atoms with Gasteiger partial charge in [-0.05, 0) is 60.7 Å². The first-order valence-corrected chi connectivity index (χ1v) is 8.65. The van der Waals surface area contributed by atoms with Gasteiger partial charge in [0.25, 0.3) is 5.91 Å². The number of nitrogens with zero attached hydrogens (tertiary/aromatic N) is 1. The molecule has 5 nitrogen and oxygen atoms in total. The third-order valence-electron chi connectivity index (χ3n) is 3.94. The van der Waals surface area contributed by atoms with E-state index in [1.807, 2.05) is 30.3 Å². The highest BCUT2D eigenvalue weighted by Gasteiger charge is 2.15. The van der Waals surface area contributed by atoms with Crippen LogP contribution < -0.4 is 10.1 Å². The minimum Gasteiger partial charge on any atom is -0.457 e. The number of benzene rings is 3. The highest BCUT2D eigenvalue weighted by atomic mass is 19.1. The Balaban J connectivity index is 1.56. The molecule has 3 rings (SSSR count). The topological polar surface area (TPSA) is 58.6 Å². The van der Waals surface area contributed by atoms with Crippen molar-refractivity contribution < 1.29 is 18.7 Å². The average molecular weight is 378 g/mol. The Bertz CT molecular complexity index is 942. The number of carbonyl (C=O) groups excluding carboxylic acids is 2. The summed E-state index contributed by atoms with van der Waals surface area (Å²) in [6, 6.07) is 21.5. The van der Waals surface area contributed by atoms with Crippen molar-refractivity contribution in [1.29, 1.82) is 0 Å². The Morgan fingerprint density at radius 2 is 1.50 bits per heavy atom. The quantitative estimate of drug-likeness (QED) is 0.695. The van der Waals surface area contributed by atoms with Crippen molar-refractivity contribution in [1.82, 2.24) is 4.90 Å². The fraction of sp³-hybridized carbons (Fsp3) is 0.0909. The Morgan fingerprint density at radius 3 is 2.14 bits per heavy atom. The maximum atomic E-state index is 12.9. The summed E-state index contributed by atoms with van der Waals surface area (Å²) in [7, 11) is 1.54. The van der Waals surface area contributed by atoms with E-state index >= 15 is 0 Å². The average Bonchev–Trinajstić information content (AvgIpc) is 2.70. The number of ether oxygens (including phenoxy) is 1. The van der Waals surface area contributed by atoms with E-state index in [-0.39, 0.29) is 24.2 Å². The van der Waals surface area contributed by atoms with Gasteiger partial charge in [-0.3, -0.25) is 9.59 Å². The van der Waals surface area contributed by atoms with Crippen molar-refractivity contribution in [2.24, 2.45) is 0 Å². The third kappa shape index (κ3) is 5.17. The Kier molecular flexibility index (Phi) is 6.01. The number of amides is 2. The van der Waals surface area contributed by atoms with E-state index < -0.39 is 0 Å². The van der Waals surface area contributed by atoms with Crippen LogP contribution in [0.5, 0.6) is 11.5 Å². The van der Waals surface area contributed by atoms with E-state index in [1.165, 1.54) is 29.2 Å². The monoisotopic (exact) mass is 378 g/mol. The molecule has 3 aromatic rings. The second-order valence-electron chi connectivity index (χ2n) is 6.16. The SMILES string of the molecule is CN(CC(=O)Nc1ccc(F)cc1)C(=O)c1ccc(Oc2ccccc2)cc1. The predicted octanol–water partition coefficient (Wildman–Crippen LogP) is 4.33. The summed E-state index contributed by atoms with van der Waals surface area (Å²) in [5.41, 5.74) is 0.909. The number of halogens is 1. The molecule has 2 amide bonds. The van der Waals surface area contributed by atoms with Gasteiger partial charge in [-0.2, -0.15) is 0 Å². The summed E-state index contributed by atoms with van der Waals surface area (Å²) in [5.74, 6) is 0.271. The number of hydrogen-bond donors (Lipinski definition) is 1. The first-order chi connectivity index (χ1) is 13.5. The number of likely N-dealkylation sites (N-methyl/N-ethyl adjacent to an activating group) is 1. The summed E-state index contributed by atoms with van der Waals surface area (Å²) in [4.78, 5) is 25.9. The lowest BCUT2D eigenvalue weighted by molar-refractivity contribution is -0.116. The van der Waals surface area contributed by atoms with E-state index in [1.54, 1.807) is 31.3 Å². The van der Waals surface area contributed by atoms with E-state index in [2.05, 4.69) is 5.32 Å². The van der Waals surface area contributed by atoms with Crippen LogP contribution in [0, 0.1) is 5.82 Å². The minimum absolute atomic E-state index is 0.127. The van der Waals surface area contributed by atoms with Crippen LogP contribution in [0.15, 0.2) is 78.9 Å². The maximum absolute atomic E-state index is 12.9. The molecule has 0 fully saturated rings. The summed E-state index contributed by atoms with van der Waals surface area (Å²) < 4.78 is 18.6. The molecule has 0 saturated carbocycles. The summed E-state index contributed by atoms with van der Waals surface area (Å²) in [5, 5.41) is 2.62. The normalized spacial score (nSPS) is 10.2. The highest BCUT2D eigenvalue weighted by Crippen LogP contribution is 2.21. The minimum atomic E-state index is -0.384. The lowest BCUT2D eigenvalue weighted by atomic mass is 10.2. The van der Waals surface area contributed by atoms with Crippen molar-refractivity contribution in [3.05, 3.63) is 90.2 Å². The molecule has 0 aliphatic carbocycles. The van der Waals surface area contributed by atoms with Crippen LogP contribution in [-0.4, -0.2) is 30.3 Å². The number of nitrogens with one attached hydrogen (secondary N) is 1. The van der Waals surface area contributed by atoms with Crippen LogP contribution in [-0.2, 0) is 4.79 Å². The lowest BCUT2D eigenvalue weighted by Crippen LogP contribution is -2.34. The van der Waals surface area contributed by atoms with Crippen molar-refractivity contribution in [3.63, 3.8) is 0 Å². The fourth-order valence-electron chi connectivity index (χ4n) is 2.53. The van der Waals surface area contributed by atoms with Crippen molar-refractivity contribution in [2.45, 2.75) is 0 Å². The summed E-state index contributed by atoms with van der Waals surface area (Å²) in [6.07, 6.45) is 0. The first kappa shape index (κ1) is 19.1. The molecule has 0 aliphatic rings. The highest BCUT2D eigenvalue weighted by molar-refractivity contribution is 5.99. The van der Waals surface area contributed by atoms with Crippen LogP contribution in [0.1, 0.15) is 10.4 Å². The van der Waals surface area contributed by atoms with Gasteiger partial charge in [-0.15, -0.1) is 0 Å². The van der Waals surface area contributed by atoms with Gasteiger partial charge in [-0.25, -0.2) is 4.39 Å². The van der Waals surface area contributed by atoms with Gasteiger partial charge < -0.3 is 15.0 Å². The summed E-state index contributed by atoms with van der Waals surface area (Å²) >= 11 is 0. The van der Waals surface area contributed by atoms with E-state index in [0.29, 0.717) is 22.7 Å². The molecule has 1 N–H and O–H groups in total. The van der Waals surface area contributed by atoms with Gasteiger partial charge in [0.1, 0.15) is 17.3 Å². The van der Waals surface area contributed by atoms with E-state index in [9.17, 15) is 14.0 Å². The first-order valence-electron chi connectivity index (χ1n) is 8.65. The van der Waals surface area contributed by atoms with Crippen LogP contribution in [0.2, 0.25) is 0 Å². The molecule has 142 valence electrons. The number of rotatable bonds is 6. The molecule has 0 radical (unpaired) electrons. The van der Waals surface area contributed by atoms with Crippen molar-refractivity contribution in [2.75, 3.05) is 18.9 Å². The Hall–Kier alpha value is -3.67. The van der Waals surface area contributed by atoms with E-state index in [0.717, 1.165) is 0 Å². The lowest BCUT2D eigenvalue weighted by Gasteiger charge is -2.17. The van der Waals surface area contributed by atoms with Crippen LogP contribution >= 0.6 is 0 Å². The number of hydrogen-bond acceptors (Lipinski definition) is 3. The Labute approximate surface area is 162 Å². The molecule has 0 saturated heterocycles. The molecule has 6 heteroatoms. The molecule has 0 atom stereocenters. The zero-order valence-electron chi connectivity index (χ0n) is 15.3. The van der Waals surface area contributed by atoms with Crippen molar-refractivity contribution >= 4 is 17.5 Å². The molecule has 0 unspecified atom stereocenters. The zero-order chi connectivity index (χ0) is 19.9. The number of carbonyl (C=O) groups is 2. The van der Waals surface area contributed by atoms with Gasteiger partial charge in [0.15, 0.2) is 0 Å². The fourth-order valence-corrected chi connectivity index (χ4v) is 2.53. The molecule has 3 aromatic carbocycles. The summed E-state index contributed by atoms with van der Waals surface area (Å²) in [6.45, 7) is -0.127. The largest absolute Gasteiger partial charge is 0.457 e.